The minimum absolute atomic E-state index is 0.167. The fraction of sp³-hybridized carbons (Fsp3) is 0.636. The van der Waals surface area contributed by atoms with Gasteiger partial charge in [0, 0.05) is 25.3 Å². The molecule has 4 nitrogen and oxygen atoms in total. The average Bonchev–Trinajstić information content (AvgIpc) is 2.29. The quantitative estimate of drug-likeness (QED) is 0.680. The molecule has 0 amide bonds. The summed E-state index contributed by atoms with van der Waals surface area (Å²) in [5, 5.41) is 9.60. The Kier molecular flexibility index (Phi) is 4.42. The summed E-state index contributed by atoms with van der Waals surface area (Å²) in [5.41, 5.74) is 0. The monoisotopic (exact) mass is 275 g/mol. The van der Waals surface area contributed by atoms with Gasteiger partial charge >= 0.3 is 0 Å². The topological polar surface area (TPSA) is 49.2 Å². The molecule has 1 fully saturated rings. The molecule has 0 radical (unpaired) electrons. The van der Waals surface area contributed by atoms with Gasteiger partial charge in [-0.2, -0.15) is 0 Å². The summed E-state index contributed by atoms with van der Waals surface area (Å²) in [6, 6.07) is 2.04. The molecule has 1 N–H and O–H groups in total. The predicted octanol–water partition coefficient (Wildman–Crippen LogP) is 2.52. The van der Waals surface area contributed by atoms with Crippen LogP contribution >= 0.6 is 23.2 Å². The number of halogens is 2. The summed E-state index contributed by atoms with van der Waals surface area (Å²) in [4.78, 5) is 10.2. The maximum Gasteiger partial charge on any atom is 0.225 e. The van der Waals surface area contributed by atoms with E-state index in [1.165, 1.54) is 6.42 Å². The number of hydrogen-bond donors (Lipinski definition) is 1. The number of aliphatic hydroxyl groups excluding tert-OH is 1. The maximum atomic E-state index is 9.08. The lowest BCUT2D eigenvalue weighted by Gasteiger charge is -2.36. The lowest BCUT2D eigenvalue weighted by atomic mass is 10.00. The van der Waals surface area contributed by atoms with Crippen LogP contribution in [0.2, 0.25) is 10.4 Å². The summed E-state index contributed by atoms with van der Waals surface area (Å²) in [7, 11) is 0. The molecule has 1 atom stereocenters. The maximum absolute atomic E-state index is 9.08. The first-order valence-electron chi connectivity index (χ1n) is 5.78. The van der Waals surface area contributed by atoms with Crippen molar-refractivity contribution in [1.29, 1.82) is 0 Å². The molecule has 17 heavy (non-hydrogen) atoms. The molecule has 0 spiro atoms. The van der Waals surface area contributed by atoms with Crippen LogP contribution in [0.25, 0.3) is 0 Å². The summed E-state index contributed by atoms with van der Waals surface area (Å²) in [6.45, 7) is 1.11. The van der Waals surface area contributed by atoms with Crippen molar-refractivity contribution >= 4 is 29.0 Å². The van der Waals surface area contributed by atoms with E-state index in [9.17, 15) is 0 Å². The predicted molar refractivity (Wildman–Crippen MR) is 68.7 cm³/mol. The van der Waals surface area contributed by atoms with Crippen molar-refractivity contribution in [2.24, 2.45) is 0 Å². The van der Waals surface area contributed by atoms with Crippen LogP contribution in [0.4, 0.5) is 5.82 Å². The number of aliphatic hydroxyl groups is 1. The zero-order valence-corrected chi connectivity index (χ0v) is 11.0. The van der Waals surface area contributed by atoms with E-state index >= 15 is 0 Å². The van der Waals surface area contributed by atoms with Gasteiger partial charge < -0.3 is 10.0 Å². The van der Waals surface area contributed by atoms with Crippen LogP contribution in [0.5, 0.6) is 0 Å². The minimum atomic E-state index is 0.167. The molecule has 0 saturated carbocycles. The van der Waals surface area contributed by atoms with Gasteiger partial charge in [0.15, 0.2) is 0 Å². The standard InChI is InChI=1S/C11H15Cl2N3O/c12-9-7-10(15-11(13)14-9)16-5-2-1-3-8(16)4-6-17/h7-8,17H,1-6H2. The largest absolute Gasteiger partial charge is 0.396 e. The molecule has 1 aromatic heterocycles. The smallest absolute Gasteiger partial charge is 0.225 e. The first-order chi connectivity index (χ1) is 8.20. The Balaban J connectivity index is 2.22. The molecule has 2 rings (SSSR count). The third-order valence-electron chi connectivity index (χ3n) is 3.04. The molecule has 1 aliphatic rings. The SMILES string of the molecule is OCCC1CCCCN1c1cc(Cl)nc(Cl)n1. The van der Waals surface area contributed by atoms with Crippen molar-refractivity contribution < 1.29 is 5.11 Å². The van der Waals surface area contributed by atoms with Crippen LogP contribution in [0.15, 0.2) is 6.07 Å². The van der Waals surface area contributed by atoms with Crippen molar-refractivity contribution in [3.63, 3.8) is 0 Å². The molecular formula is C11H15Cl2N3O. The Morgan fingerprint density at radius 3 is 2.88 bits per heavy atom. The summed E-state index contributed by atoms with van der Waals surface area (Å²) in [6.07, 6.45) is 4.13. The Labute approximate surface area is 111 Å². The highest BCUT2D eigenvalue weighted by atomic mass is 35.5. The van der Waals surface area contributed by atoms with Crippen LogP contribution in [-0.4, -0.2) is 34.3 Å². The fourth-order valence-electron chi connectivity index (χ4n) is 2.28. The summed E-state index contributed by atoms with van der Waals surface area (Å²) < 4.78 is 0. The molecule has 0 bridgehead atoms. The van der Waals surface area contributed by atoms with Crippen molar-refractivity contribution in [2.75, 3.05) is 18.1 Å². The van der Waals surface area contributed by atoms with E-state index in [1.54, 1.807) is 6.07 Å². The van der Waals surface area contributed by atoms with E-state index in [-0.39, 0.29) is 11.9 Å². The molecule has 1 aromatic rings. The second-order valence-electron chi connectivity index (χ2n) is 4.17. The van der Waals surface area contributed by atoms with Crippen LogP contribution in [0.3, 0.4) is 0 Å². The van der Waals surface area contributed by atoms with E-state index in [4.69, 9.17) is 28.3 Å². The number of hydrogen-bond acceptors (Lipinski definition) is 4. The molecule has 0 aliphatic carbocycles. The number of piperidine rings is 1. The molecule has 1 unspecified atom stereocenters. The lowest BCUT2D eigenvalue weighted by molar-refractivity contribution is 0.262. The highest BCUT2D eigenvalue weighted by molar-refractivity contribution is 6.32. The molecule has 2 heterocycles. The lowest BCUT2D eigenvalue weighted by Crippen LogP contribution is -2.40. The fourth-order valence-corrected chi connectivity index (χ4v) is 2.68. The van der Waals surface area contributed by atoms with Gasteiger partial charge in [0.05, 0.1) is 0 Å². The highest BCUT2D eigenvalue weighted by Gasteiger charge is 2.23. The minimum Gasteiger partial charge on any atom is -0.396 e. The van der Waals surface area contributed by atoms with E-state index in [0.717, 1.165) is 31.6 Å². The second-order valence-corrected chi connectivity index (χ2v) is 4.90. The van der Waals surface area contributed by atoms with E-state index in [2.05, 4.69) is 14.9 Å². The second kappa shape index (κ2) is 5.85. The number of rotatable bonds is 3. The van der Waals surface area contributed by atoms with Gasteiger partial charge in [-0.3, -0.25) is 0 Å². The molecular weight excluding hydrogens is 261 g/mol. The van der Waals surface area contributed by atoms with Gasteiger partial charge in [-0.1, -0.05) is 11.6 Å². The van der Waals surface area contributed by atoms with Crippen molar-refractivity contribution in [2.45, 2.75) is 31.7 Å². The van der Waals surface area contributed by atoms with Crippen LogP contribution in [-0.2, 0) is 0 Å². The molecule has 1 aliphatic heterocycles. The Bertz CT molecular complexity index is 367. The van der Waals surface area contributed by atoms with Crippen LogP contribution < -0.4 is 4.90 Å². The van der Waals surface area contributed by atoms with Crippen molar-refractivity contribution in [3.8, 4) is 0 Å². The van der Waals surface area contributed by atoms with Crippen molar-refractivity contribution in [1.82, 2.24) is 9.97 Å². The Morgan fingerprint density at radius 2 is 2.18 bits per heavy atom. The van der Waals surface area contributed by atoms with Gasteiger partial charge in [0.1, 0.15) is 11.0 Å². The summed E-state index contributed by atoms with van der Waals surface area (Å²) in [5.74, 6) is 0.758. The van der Waals surface area contributed by atoms with Gasteiger partial charge in [-0.05, 0) is 37.3 Å². The average molecular weight is 276 g/mol. The van der Waals surface area contributed by atoms with Gasteiger partial charge in [-0.15, -0.1) is 0 Å². The first kappa shape index (κ1) is 12.9. The molecule has 6 heteroatoms. The molecule has 94 valence electrons. The first-order valence-corrected chi connectivity index (χ1v) is 6.54. The third kappa shape index (κ3) is 3.21. The number of aromatic nitrogens is 2. The molecule has 1 saturated heterocycles. The zero-order chi connectivity index (χ0) is 12.3. The summed E-state index contributed by atoms with van der Waals surface area (Å²) >= 11 is 11.7. The Morgan fingerprint density at radius 1 is 1.35 bits per heavy atom. The highest BCUT2D eigenvalue weighted by Crippen LogP contribution is 2.27. The van der Waals surface area contributed by atoms with Gasteiger partial charge in [0.2, 0.25) is 5.28 Å². The van der Waals surface area contributed by atoms with E-state index in [1.807, 2.05) is 0 Å². The number of nitrogens with zero attached hydrogens (tertiary/aromatic N) is 3. The zero-order valence-electron chi connectivity index (χ0n) is 9.44. The van der Waals surface area contributed by atoms with E-state index < -0.39 is 0 Å². The third-order valence-corrected chi connectivity index (χ3v) is 3.40. The Hall–Kier alpha value is -0.580. The van der Waals surface area contributed by atoms with E-state index in [0.29, 0.717) is 11.2 Å². The van der Waals surface area contributed by atoms with Crippen molar-refractivity contribution in [3.05, 3.63) is 16.5 Å². The molecule has 0 aromatic carbocycles. The van der Waals surface area contributed by atoms with Gasteiger partial charge in [0.25, 0.3) is 0 Å². The number of anilines is 1. The normalized spacial score (nSPS) is 20.6. The van der Waals surface area contributed by atoms with Crippen LogP contribution in [0.1, 0.15) is 25.7 Å². The van der Waals surface area contributed by atoms with Crippen LogP contribution in [0, 0.1) is 0 Å². The van der Waals surface area contributed by atoms with Gasteiger partial charge in [-0.25, -0.2) is 9.97 Å².